The number of aryl methyl sites for hydroxylation is 1. The van der Waals surface area contributed by atoms with Crippen LogP contribution in [0.4, 0.5) is 14.7 Å². The standard InChI is InChI=1S/C18H13FN4O4S2/c1-3-27-16(26)12-7(2)20-17(28-12)23-18-22-15(25)13(29-18)11-9-6-8(19)4-5-10(9)21-14(11)24/h4-6,25H,3H2,1-2H3,(H,20,22,23). The smallest absolute Gasteiger partial charge is 0.350 e. The molecule has 0 unspecified atom stereocenters. The van der Waals surface area contributed by atoms with Gasteiger partial charge in [-0.05, 0) is 32.0 Å². The average Bonchev–Trinajstić information content (AvgIpc) is 3.29. The van der Waals surface area contributed by atoms with Gasteiger partial charge in [0, 0.05) is 5.22 Å². The number of fused-ring (bicyclic) bond motifs is 1. The predicted molar refractivity (Wildman–Crippen MR) is 105 cm³/mol. The summed E-state index contributed by atoms with van der Waals surface area (Å²) in [5, 5.41) is 14.4. The van der Waals surface area contributed by atoms with Gasteiger partial charge in [0.2, 0.25) is 5.88 Å². The second-order valence-electron chi connectivity index (χ2n) is 5.90. The number of anilines is 2. The molecule has 0 aliphatic carbocycles. The number of nitrogens with one attached hydrogen (secondary N) is 1. The number of halogens is 1. The molecule has 0 saturated heterocycles. The van der Waals surface area contributed by atoms with Crippen LogP contribution in [0.2, 0.25) is 0 Å². The largest absolute Gasteiger partial charge is 0.492 e. The van der Waals surface area contributed by atoms with Crippen molar-refractivity contribution in [1.82, 2.24) is 9.97 Å². The Labute approximate surface area is 171 Å². The normalized spacial score (nSPS) is 12.7. The van der Waals surface area contributed by atoms with Crippen molar-refractivity contribution in [2.45, 2.75) is 13.8 Å². The Bertz CT molecular complexity index is 1280. The van der Waals surface area contributed by atoms with E-state index in [0.717, 1.165) is 22.7 Å². The van der Waals surface area contributed by atoms with E-state index in [0.29, 0.717) is 26.3 Å². The molecule has 3 aromatic rings. The van der Waals surface area contributed by atoms with Gasteiger partial charge in [0.25, 0.3) is 5.91 Å². The van der Waals surface area contributed by atoms with Crippen molar-refractivity contribution in [2.75, 3.05) is 11.9 Å². The van der Waals surface area contributed by atoms with Crippen LogP contribution in [0.5, 0.6) is 5.88 Å². The molecule has 0 spiro atoms. The number of hydrogen-bond acceptors (Lipinski definition) is 9. The van der Waals surface area contributed by atoms with Crippen LogP contribution in [-0.2, 0) is 9.53 Å². The zero-order valence-corrected chi connectivity index (χ0v) is 16.8. The highest BCUT2D eigenvalue weighted by Gasteiger charge is 2.25. The first-order valence-corrected chi connectivity index (χ1v) is 10.0. The zero-order valence-electron chi connectivity index (χ0n) is 15.1. The lowest BCUT2D eigenvalue weighted by atomic mass is 10.1. The fourth-order valence-electron chi connectivity index (χ4n) is 2.76. The summed E-state index contributed by atoms with van der Waals surface area (Å²) in [4.78, 5) is 36.9. The average molecular weight is 432 g/mol. The Morgan fingerprint density at radius 2 is 2.03 bits per heavy atom. The number of amides is 1. The first kappa shape index (κ1) is 19.2. The summed E-state index contributed by atoms with van der Waals surface area (Å²) in [6.07, 6.45) is 0. The lowest BCUT2D eigenvalue weighted by Crippen LogP contribution is -2.23. The molecule has 0 atom stereocenters. The van der Waals surface area contributed by atoms with Gasteiger partial charge in [-0.1, -0.05) is 22.7 Å². The van der Waals surface area contributed by atoms with E-state index in [4.69, 9.17) is 4.74 Å². The van der Waals surface area contributed by atoms with Crippen LogP contribution in [0.1, 0.15) is 27.2 Å². The topological polar surface area (TPSA) is 114 Å². The summed E-state index contributed by atoms with van der Waals surface area (Å²) in [5.41, 5.74) is 0.589. The fraction of sp³-hybridized carbons (Fsp3) is 0.167. The van der Waals surface area contributed by atoms with E-state index in [1.54, 1.807) is 13.8 Å². The number of aromatic nitrogens is 2. The minimum atomic E-state index is -0.578. The minimum absolute atomic E-state index is 0.0880. The highest BCUT2D eigenvalue weighted by molar-refractivity contribution is 7.19. The number of carbonyl (C=O) groups is 2. The van der Waals surface area contributed by atoms with Gasteiger partial charge < -0.3 is 15.2 Å². The predicted octanol–water partition coefficient (Wildman–Crippen LogP) is 2.03. The molecule has 0 bridgehead atoms. The Morgan fingerprint density at radius 1 is 1.28 bits per heavy atom. The fourth-order valence-corrected chi connectivity index (χ4v) is 4.60. The van der Waals surface area contributed by atoms with E-state index in [1.165, 1.54) is 18.2 Å². The third-order valence-corrected chi connectivity index (χ3v) is 6.00. The van der Waals surface area contributed by atoms with Crippen molar-refractivity contribution in [3.05, 3.63) is 50.0 Å². The number of esters is 1. The van der Waals surface area contributed by atoms with Gasteiger partial charge >= 0.3 is 5.97 Å². The van der Waals surface area contributed by atoms with Crippen molar-refractivity contribution in [3.8, 4) is 5.88 Å². The second kappa shape index (κ2) is 7.33. The van der Waals surface area contributed by atoms with Crippen LogP contribution in [0.3, 0.4) is 0 Å². The molecule has 2 aromatic heterocycles. The molecular formula is C18H13FN4O4S2. The van der Waals surface area contributed by atoms with Crippen LogP contribution in [0, 0.1) is 12.7 Å². The molecule has 1 amide bonds. The summed E-state index contributed by atoms with van der Waals surface area (Å²) < 4.78 is 18.6. The van der Waals surface area contributed by atoms with E-state index in [9.17, 15) is 19.1 Å². The lowest BCUT2D eigenvalue weighted by Gasteiger charge is -1.97. The van der Waals surface area contributed by atoms with Crippen LogP contribution in [-0.4, -0.2) is 33.6 Å². The molecule has 148 valence electrons. The molecule has 1 aromatic carbocycles. The molecule has 3 heterocycles. The monoisotopic (exact) mass is 432 g/mol. The van der Waals surface area contributed by atoms with Crippen LogP contribution < -0.4 is 15.9 Å². The first-order valence-electron chi connectivity index (χ1n) is 8.42. The van der Waals surface area contributed by atoms with Gasteiger partial charge in [-0.2, -0.15) is 4.98 Å². The molecule has 4 rings (SSSR count). The van der Waals surface area contributed by atoms with Gasteiger partial charge in [-0.15, -0.1) is 0 Å². The molecule has 8 nitrogen and oxygen atoms in total. The third-order valence-electron chi connectivity index (χ3n) is 3.97. The van der Waals surface area contributed by atoms with Gasteiger partial charge in [0.15, 0.2) is 10.3 Å². The number of benzene rings is 1. The maximum Gasteiger partial charge on any atom is 0.350 e. The molecule has 0 saturated carbocycles. The Morgan fingerprint density at radius 3 is 2.79 bits per heavy atom. The van der Waals surface area contributed by atoms with Crippen LogP contribution in [0.25, 0.3) is 5.57 Å². The number of ether oxygens (including phenoxy) is 1. The highest BCUT2D eigenvalue weighted by atomic mass is 32.1. The van der Waals surface area contributed by atoms with Crippen molar-refractivity contribution in [3.63, 3.8) is 0 Å². The number of nitrogens with zero attached hydrogens (tertiary/aromatic N) is 3. The van der Waals surface area contributed by atoms with Gasteiger partial charge in [-0.3, -0.25) is 4.79 Å². The van der Waals surface area contributed by atoms with Gasteiger partial charge in [0.05, 0.1) is 23.2 Å². The zero-order chi connectivity index (χ0) is 20.7. The summed E-state index contributed by atoms with van der Waals surface area (Å²) >= 11 is 2.08. The molecule has 0 fully saturated rings. The SMILES string of the molecule is CCOC(=O)c1sc(Nc2nc(O)c(C3=c4cc(F)ccc4=NC3=O)s2)nc1C. The molecular weight excluding hydrogens is 419 g/mol. The number of rotatable bonds is 5. The summed E-state index contributed by atoms with van der Waals surface area (Å²) in [6.45, 7) is 3.65. The molecule has 0 radical (unpaired) electrons. The van der Waals surface area contributed by atoms with Crippen molar-refractivity contribution in [2.24, 2.45) is 4.99 Å². The number of hydrogen-bond donors (Lipinski definition) is 2. The Hall–Kier alpha value is -3.18. The Kier molecular flexibility index (Phi) is 4.84. The van der Waals surface area contributed by atoms with E-state index in [2.05, 4.69) is 20.3 Å². The lowest BCUT2D eigenvalue weighted by molar-refractivity contribution is -0.112. The second-order valence-corrected chi connectivity index (χ2v) is 7.90. The molecule has 29 heavy (non-hydrogen) atoms. The van der Waals surface area contributed by atoms with Crippen LogP contribution >= 0.6 is 22.7 Å². The number of thiazole rings is 2. The third kappa shape index (κ3) is 3.49. The van der Waals surface area contributed by atoms with Crippen molar-refractivity contribution in [1.29, 1.82) is 0 Å². The van der Waals surface area contributed by atoms with Gasteiger partial charge in [0.1, 0.15) is 15.6 Å². The molecule has 2 N–H and O–H groups in total. The molecule has 1 aliphatic rings. The van der Waals surface area contributed by atoms with Crippen molar-refractivity contribution < 1.29 is 23.8 Å². The van der Waals surface area contributed by atoms with E-state index in [1.807, 2.05) is 0 Å². The molecule has 11 heteroatoms. The maximum atomic E-state index is 13.6. The number of carbonyl (C=O) groups excluding carboxylic acids is 2. The maximum absolute atomic E-state index is 13.6. The summed E-state index contributed by atoms with van der Waals surface area (Å²) in [5.74, 6) is -1.94. The first-order chi connectivity index (χ1) is 13.9. The van der Waals surface area contributed by atoms with E-state index < -0.39 is 17.7 Å². The summed E-state index contributed by atoms with van der Waals surface area (Å²) in [7, 11) is 0. The van der Waals surface area contributed by atoms with E-state index in [-0.39, 0.29) is 28.1 Å². The van der Waals surface area contributed by atoms with Gasteiger partial charge in [-0.25, -0.2) is 19.2 Å². The quantitative estimate of drug-likeness (QED) is 0.593. The molecule has 1 aliphatic heterocycles. The minimum Gasteiger partial charge on any atom is -0.492 e. The highest BCUT2D eigenvalue weighted by Crippen LogP contribution is 2.36. The van der Waals surface area contributed by atoms with Crippen LogP contribution in [0.15, 0.2) is 23.2 Å². The number of aromatic hydroxyl groups is 1. The van der Waals surface area contributed by atoms with Crippen molar-refractivity contribution >= 4 is 50.4 Å². The Balaban J connectivity index is 1.69. The summed E-state index contributed by atoms with van der Waals surface area (Å²) in [6, 6.07) is 3.81. The van der Waals surface area contributed by atoms with E-state index >= 15 is 0 Å².